The number of carbonyl (C=O) groups excluding carboxylic acids is 1. The number of benzene rings is 1. The summed E-state index contributed by atoms with van der Waals surface area (Å²) in [6.45, 7) is 4.55. The molecule has 1 heterocycles. The van der Waals surface area contributed by atoms with Crippen molar-refractivity contribution < 1.29 is 4.79 Å². The summed E-state index contributed by atoms with van der Waals surface area (Å²) in [6.07, 6.45) is 6.99. The fourth-order valence-electron chi connectivity index (χ4n) is 4.62. The van der Waals surface area contributed by atoms with Crippen LogP contribution in [0.25, 0.3) is 10.9 Å². The highest BCUT2D eigenvalue weighted by atomic mass is 32.2. The Hall–Kier alpha value is -1.62. The first-order valence-corrected chi connectivity index (χ1v) is 11.1. The van der Waals surface area contributed by atoms with Gasteiger partial charge in [-0.2, -0.15) is 0 Å². The molecule has 2 fully saturated rings. The van der Waals surface area contributed by atoms with Gasteiger partial charge in [-0.05, 0) is 43.2 Å². The van der Waals surface area contributed by atoms with Gasteiger partial charge in [-0.3, -0.25) is 14.2 Å². The minimum Gasteiger partial charge on any atom is -0.298 e. The molecular formula is C22H28N2O2S. The summed E-state index contributed by atoms with van der Waals surface area (Å²) in [5.74, 6) is 1.34. The van der Waals surface area contributed by atoms with E-state index in [4.69, 9.17) is 4.98 Å². The van der Waals surface area contributed by atoms with Crippen molar-refractivity contribution in [2.45, 2.75) is 75.2 Å². The van der Waals surface area contributed by atoms with Crippen LogP contribution >= 0.6 is 11.8 Å². The molecule has 0 spiro atoms. The van der Waals surface area contributed by atoms with Crippen LogP contribution in [-0.4, -0.2) is 20.6 Å². The van der Waals surface area contributed by atoms with Gasteiger partial charge in [0.15, 0.2) is 5.16 Å². The average Bonchev–Trinajstić information content (AvgIpc) is 2.67. The molecule has 2 aliphatic carbocycles. The number of hydrogen-bond acceptors (Lipinski definition) is 4. The second-order valence-corrected chi connectivity index (χ2v) is 9.41. The summed E-state index contributed by atoms with van der Waals surface area (Å²) in [5.41, 5.74) is 0.790. The Morgan fingerprint density at radius 2 is 1.85 bits per heavy atom. The number of aromatic nitrogens is 2. The first-order valence-electron chi connectivity index (χ1n) is 10.3. The Balaban J connectivity index is 1.82. The van der Waals surface area contributed by atoms with Crippen LogP contribution in [0.5, 0.6) is 0 Å². The normalized spacial score (nSPS) is 29.2. The minimum absolute atomic E-state index is 0.0531. The molecule has 0 unspecified atom stereocenters. The standard InChI is InChI=1S/C22H28N2O2S/c1-14-8-7-11-18(15(14)2)24-21(26)16-9-3-4-10-17(16)23-22(24)27-20-13-6-5-12-19(20)25/h3-4,9-10,14-15,18,20H,5-8,11-13H2,1-2H3/t14-,15+,18-,20+/m0/s1. The summed E-state index contributed by atoms with van der Waals surface area (Å²) in [5, 5.41) is 1.36. The van der Waals surface area contributed by atoms with Crippen molar-refractivity contribution in [2.24, 2.45) is 11.8 Å². The van der Waals surface area contributed by atoms with E-state index in [1.165, 1.54) is 18.2 Å². The smallest absolute Gasteiger partial charge is 0.262 e. The van der Waals surface area contributed by atoms with Crippen LogP contribution < -0.4 is 5.56 Å². The van der Waals surface area contributed by atoms with E-state index >= 15 is 0 Å². The van der Waals surface area contributed by atoms with Gasteiger partial charge < -0.3 is 0 Å². The second-order valence-electron chi connectivity index (χ2n) is 8.24. The largest absolute Gasteiger partial charge is 0.298 e. The number of fused-ring (bicyclic) bond motifs is 1. The zero-order valence-electron chi connectivity index (χ0n) is 16.2. The monoisotopic (exact) mass is 384 g/mol. The third-order valence-corrected chi connectivity index (χ3v) is 7.80. The molecule has 2 aliphatic rings. The average molecular weight is 385 g/mol. The molecule has 144 valence electrons. The third-order valence-electron chi connectivity index (χ3n) is 6.52. The molecule has 0 bridgehead atoms. The number of para-hydroxylation sites is 1. The third kappa shape index (κ3) is 3.58. The van der Waals surface area contributed by atoms with E-state index in [2.05, 4.69) is 13.8 Å². The second kappa shape index (κ2) is 7.78. The van der Waals surface area contributed by atoms with Gasteiger partial charge in [0.05, 0.1) is 16.2 Å². The van der Waals surface area contributed by atoms with Crippen molar-refractivity contribution in [1.29, 1.82) is 0 Å². The number of rotatable bonds is 3. The fraction of sp³-hybridized carbons (Fsp3) is 0.591. The molecule has 2 aromatic rings. The van der Waals surface area contributed by atoms with Crippen LogP contribution in [0.1, 0.15) is 64.8 Å². The molecule has 0 aliphatic heterocycles. The Morgan fingerprint density at radius 3 is 2.67 bits per heavy atom. The molecule has 27 heavy (non-hydrogen) atoms. The van der Waals surface area contributed by atoms with Crippen molar-refractivity contribution in [3.8, 4) is 0 Å². The van der Waals surface area contributed by atoms with Gasteiger partial charge in [-0.25, -0.2) is 4.98 Å². The van der Waals surface area contributed by atoms with Gasteiger partial charge in [0.25, 0.3) is 5.56 Å². The molecule has 4 nitrogen and oxygen atoms in total. The predicted molar refractivity (Wildman–Crippen MR) is 110 cm³/mol. The van der Waals surface area contributed by atoms with Gasteiger partial charge in [-0.1, -0.05) is 57.0 Å². The molecule has 2 saturated carbocycles. The van der Waals surface area contributed by atoms with E-state index in [1.54, 1.807) is 0 Å². The Morgan fingerprint density at radius 1 is 1.04 bits per heavy atom. The summed E-state index contributed by atoms with van der Waals surface area (Å²) in [4.78, 5) is 30.7. The highest BCUT2D eigenvalue weighted by Gasteiger charge is 2.33. The number of Topliss-reactive ketones (excluding diaryl/α,β-unsaturated/α-hetero) is 1. The molecule has 1 aromatic heterocycles. The van der Waals surface area contributed by atoms with E-state index in [0.717, 1.165) is 42.8 Å². The molecule has 0 amide bonds. The molecular weight excluding hydrogens is 356 g/mol. The summed E-state index contributed by atoms with van der Waals surface area (Å²) in [6, 6.07) is 7.77. The van der Waals surface area contributed by atoms with Crippen LogP contribution in [0, 0.1) is 11.8 Å². The molecule has 0 saturated heterocycles. The van der Waals surface area contributed by atoms with Crippen molar-refractivity contribution in [3.05, 3.63) is 34.6 Å². The first-order chi connectivity index (χ1) is 13.1. The van der Waals surface area contributed by atoms with Crippen LogP contribution in [0.4, 0.5) is 0 Å². The molecule has 4 atom stereocenters. The minimum atomic E-state index is -0.0608. The SMILES string of the molecule is C[C@@H]1[C@@H](C)CCC[C@@H]1n1c(S[C@@H]2CCCCC2=O)nc2ccccc2c1=O. The quantitative estimate of drug-likeness (QED) is 0.699. The zero-order valence-corrected chi connectivity index (χ0v) is 17.0. The maximum Gasteiger partial charge on any atom is 0.262 e. The molecule has 4 rings (SSSR count). The van der Waals surface area contributed by atoms with Crippen molar-refractivity contribution in [2.75, 3.05) is 0 Å². The number of hydrogen-bond donors (Lipinski definition) is 0. The number of nitrogens with zero attached hydrogens (tertiary/aromatic N) is 2. The van der Waals surface area contributed by atoms with Gasteiger partial charge in [0, 0.05) is 12.5 Å². The highest BCUT2D eigenvalue weighted by molar-refractivity contribution is 8.00. The number of thioether (sulfide) groups is 1. The first kappa shape index (κ1) is 18.7. The lowest BCUT2D eigenvalue weighted by molar-refractivity contribution is -0.119. The topological polar surface area (TPSA) is 52.0 Å². The Bertz CT molecular complexity index is 907. The maximum atomic E-state index is 13.4. The van der Waals surface area contributed by atoms with Gasteiger partial charge in [0.2, 0.25) is 0 Å². The van der Waals surface area contributed by atoms with Gasteiger partial charge in [0.1, 0.15) is 5.78 Å². The Labute approximate surface area is 164 Å². The lowest BCUT2D eigenvalue weighted by Crippen LogP contribution is -2.36. The summed E-state index contributed by atoms with van der Waals surface area (Å²) >= 11 is 1.53. The molecule has 5 heteroatoms. The highest BCUT2D eigenvalue weighted by Crippen LogP contribution is 2.40. The Kier molecular flexibility index (Phi) is 5.40. The maximum absolute atomic E-state index is 13.4. The number of carbonyl (C=O) groups is 1. The molecule has 0 radical (unpaired) electrons. The summed E-state index contributed by atoms with van der Waals surface area (Å²) in [7, 11) is 0. The van der Waals surface area contributed by atoms with E-state index in [0.29, 0.717) is 29.4 Å². The van der Waals surface area contributed by atoms with Crippen LogP contribution in [0.2, 0.25) is 0 Å². The van der Waals surface area contributed by atoms with Crippen LogP contribution in [-0.2, 0) is 4.79 Å². The molecule has 1 aromatic carbocycles. The fourth-order valence-corrected chi connectivity index (χ4v) is 5.89. The van der Waals surface area contributed by atoms with Crippen molar-refractivity contribution in [3.63, 3.8) is 0 Å². The van der Waals surface area contributed by atoms with E-state index in [9.17, 15) is 9.59 Å². The lowest BCUT2D eigenvalue weighted by Gasteiger charge is -2.36. The predicted octanol–water partition coefficient (Wildman–Crippen LogP) is 5.00. The molecule has 0 N–H and O–H groups in total. The number of ketones is 1. The van der Waals surface area contributed by atoms with Crippen LogP contribution in [0.3, 0.4) is 0 Å². The van der Waals surface area contributed by atoms with E-state index < -0.39 is 0 Å². The zero-order chi connectivity index (χ0) is 19.0. The lowest BCUT2D eigenvalue weighted by atomic mass is 9.78. The van der Waals surface area contributed by atoms with E-state index in [1.807, 2.05) is 28.8 Å². The van der Waals surface area contributed by atoms with E-state index in [-0.39, 0.29) is 16.9 Å². The van der Waals surface area contributed by atoms with Crippen LogP contribution in [0.15, 0.2) is 34.2 Å². The van der Waals surface area contributed by atoms with Gasteiger partial charge >= 0.3 is 0 Å². The van der Waals surface area contributed by atoms with Crippen molar-refractivity contribution >= 4 is 28.4 Å². The summed E-state index contributed by atoms with van der Waals surface area (Å²) < 4.78 is 1.94. The van der Waals surface area contributed by atoms with Crippen molar-refractivity contribution in [1.82, 2.24) is 9.55 Å². The van der Waals surface area contributed by atoms with Gasteiger partial charge in [-0.15, -0.1) is 0 Å².